The largest absolute Gasteiger partial charge is 0.493 e. The van der Waals surface area contributed by atoms with Crippen molar-refractivity contribution in [2.24, 2.45) is 0 Å². The second kappa shape index (κ2) is 6.92. The molecule has 0 radical (unpaired) electrons. The molecule has 1 fully saturated rings. The Hall–Kier alpha value is -3.34. The minimum atomic E-state index is 0.121. The normalized spacial score (nSPS) is 16.8. The predicted octanol–water partition coefficient (Wildman–Crippen LogP) is 4.81. The summed E-state index contributed by atoms with van der Waals surface area (Å²) in [6, 6.07) is 14.3. The molecule has 1 atom stereocenters. The molecular weight excluding hydrogens is 364 g/mol. The quantitative estimate of drug-likeness (QED) is 0.505. The number of carbonyl (C=O) groups excluding carboxylic acids is 1. The van der Waals surface area contributed by atoms with Crippen LogP contribution in [-0.4, -0.2) is 29.4 Å². The highest BCUT2D eigenvalue weighted by Crippen LogP contribution is 2.41. The number of aromatic nitrogens is 1. The Kier molecular flexibility index (Phi) is 4.23. The number of methoxy groups -OCH3 is 1. The van der Waals surface area contributed by atoms with Crippen LogP contribution in [0.5, 0.6) is 5.75 Å². The van der Waals surface area contributed by atoms with Gasteiger partial charge in [0.1, 0.15) is 0 Å². The first kappa shape index (κ1) is 17.7. The molecule has 2 aromatic carbocycles. The van der Waals surface area contributed by atoms with Crippen LogP contribution in [0.1, 0.15) is 29.0 Å². The van der Waals surface area contributed by atoms with Crippen molar-refractivity contribution >= 4 is 27.8 Å². The average molecular weight is 386 g/mol. The van der Waals surface area contributed by atoms with Gasteiger partial charge in [-0.3, -0.25) is 9.78 Å². The first-order chi connectivity index (χ1) is 14.1. The van der Waals surface area contributed by atoms with Crippen LogP contribution in [0, 0.1) is 6.92 Å². The maximum atomic E-state index is 12.8. The number of furan rings is 1. The van der Waals surface area contributed by atoms with Crippen molar-refractivity contribution < 1.29 is 13.9 Å². The van der Waals surface area contributed by atoms with Crippen molar-refractivity contribution in [3.8, 4) is 5.75 Å². The lowest BCUT2D eigenvalue weighted by Gasteiger charge is -2.17. The van der Waals surface area contributed by atoms with Crippen LogP contribution in [0.2, 0.25) is 0 Å². The van der Waals surface area contributed by atoms with Gasteiger partial charge < -0.3 is 14.1 Å². The number of ether oxygens (including phenoxy) is 1. The van der Waals surface area contributed by atoms with Gasteiger partial charge in [-0.25, -0.2) is 0 Å². The van der Waals surface area contributed by atoms with Crippen molar-refractivity contribution in [2.45, 2.75) is 25.8 Å². The topological polar surface area (TPSA) is 55.6 Å². The molecule has 4 aromatic rings. The standard InChI is InChI=1S/C24H22N2O3/c1-15-3-5-16(6-4-15)13-26-14-17(11-22(26)27)18-7-8-20(28-2)24-23(18)19-9-10-25-12-21(19)29-24/h3-10,12,17H,11,13-14H2,1-2H3. The molecule has 1 aliphatic heterocycles. The van der Waals surface area contributed by atoms with Crippen LogP contribution in [0.15, 0.2) is 59.3 Å². The second-order valence-corrected chi connectivity index (χ2v) is 7.70. The SMILES string of the molecule is COc1ccc(C2CC(=O)N(Cc3ccc(C)cc3)C2)c2c1oc1cnccc12. The number of benzene rings is 2. The van der Waals surface area contributed by atoms with Gasteiger partial charge in [0.05, 0.1) is 13.3 Å². The first-order valence-electron chi connectivity index (χ1n) is 9.80. The summed E-state index contributed by atoms with van der Waals surface area (Å²) in [5.41, 5.74) is 4.96. The number of carbonyl (C=O) groups is 1. The Morgan fingerprint density at radius 2 is 2.00 bits per heavy atom. The van der Waals surface area contributed by atoms with Gasteiger partial charge in [-0.2, -0.15) is 0 Å². The first-order valence-corrected chi connectivity index (χ1v) is 9.80. The fourth-order valence-electron chi connectivity index (χ4n) is 4.28. The van der Waals surface area contributed by atoms with Crippen molar-refractivity contribution in [2.75, 3.05) is 13.7 Å². The monoisotopic (exact) mass is 386 g/mol. The van der Waals surface area contributed by atoms with Crippen molar-refractivity contribution in [3.05, 3.63) is 71.5 Å². The lowest BCUT2D eigenvalue weighted by Crippen LogP contribution is -2.24. The summed E-state index contributed by atoms with van der Waals surface area (Å²) in [5.74, 6) is 1.00. The zero-order valence-electron chi connectivity index (χ0n) is 16.5. The maximum absolute atomic E-state index is 12.8. The van der Waals surface area contributed by atoms with E-state index in [-0.39, 0.29) is 11.8 Å². The fraction of sp³-hybridized carbons (Fsp3) is 0.250. The van der Waals surface area contributed by atoms with Gasteiger partial charge in [0.2, 0.25) is 5.91 Å². The van der Waals surface area contributed by atoms with Gasteiger partial charge >= 0.3 is 0 Å². The Labute approximate surface area is 168 Å². The molecule has 29 heavy (non-hydrogen) atoms. The molecule has 2 aromatic heterocycles. The predicted molar refractivity (Wildman–Crippen MR) is 112 cm³/mol. The molecule has 5 heteroatoms. The Bertz CT molecular complexity index is 1210. The van der Waals surface area contributed by atoms with E-state index in [0.717, 1.165) is 33.1 Å². The molecule has 0 N–H and O–H groups in total. The van der Waals surface area contributed by atoms with Crippen molar-refractivity contribution in [1.29, 1.82) is 0 Å². The summed E-state index contributed by atoms with van der Waals surface area (Å²) in [6.45, 7) is 3.41. The third kappa shape index (κ3) is 3.03. The number of pyridine rings is 1. The average Bonchev–Trinajstić information content (AvgIpc) is 3.30. The second-order valence-electron chi connectivity index (χ2n) is 7.70. The third-order valence-electron chi connectivity index (χ3n) is 5.79. The number of amides is 1. The number of nitrogens with zero attached hydrogens (tertiary/aromatic N) is 2. The highest BCUT2D eigenvalue weighted by molar-refractivity contribution is 6.08. The van der Waals surface area contributed by atoms with Gasteiger partial charge in [-0.05, 0) is 30.2 Å². The summed E-state index contributed by atoms with van der Waals surface area (Å²) < 4.78 is 11.6. The van der Waals surface area contributed by atoms with E-state index in [1.54, 1.807) is 19.5 Å². The van der Waals surface area contributed by atoms with Crippen LogP contribution in [0.25, 0.3) is 21.9 Å². The van der Waals surface area contributed by atoms with Gasteiger partial charge in [0.25, 0.3) is 0 Å². The van der Waals surface area contributed by atoms with Crippen LogP contribution in [-0.2, 0) is 11.3 Å². The number of hydrogen-bond donors (Lipinski definition) is 0. The highest BCUT2D eigenvalue weighted by Gasteiger charge is 2.32. The van der Waals surface area contributed by atoms with E-state index in [9.17, 15) is 4.79 Å². The molecule has 0 spiro atoms. The molecule has 3 heterocycles. The Balaban J connectivity index is 1.52. The lowest BCUT2D eigenvalue weighted by atomic mass is 9.93. The van der Waals surface area contributed by atoms with Gasteiger partial charge in [0.15, 0.2) is 16.9 Å². The summed E-state index contributed by atoms with van der Waals surface area (Å²) in [4.78, 5) is 18.9. The van der Waals surface area contributed by atoms with E-state index < -0.39 is 0 Å². The summed E-state index contributed by atoms with van der Waals surface area (Å²) in [5, 5.41) is 2.03. The number of likely N-dealkylation sites (tertiary alicyclic amines) is 1. The number of aryl methyl sites for hydroxylation is 1. The van der Waals surface area contributed by atoms with Gasteiger partial charge in [0, 0.05) is 42.4 Å². The molecule has 1 saturated heterocycles. The Morgan fingerprint density at radius 3 is 2.79 bits per heavy atom. The lowest BCUT2D eigenvalue weighted by molar-refractivity contribution is -0.128. The van der Waals surface area contributed by atoms with Gasteiger partial charge in [-0.1, -0.05) is 35.9 Å². The van der Waals surface area contributed by atoms with Crippen LogP contribution < -0.4 is 4.74 Å². The van der Waals surface area contributed by atoms with Crippen molar-refractivity contribution in [3.63, 3.8) is 0 Å². The molecule has 0 aliphatic carbocycles. The minimum Gasteiger partial charge on any atom is -0.493 e. The van der Waals surface area contributed by atoms with E-state index in [4.69, 9.17) is 9.15 Å². The van der Waals surface area contributed by atoms with Gasteiger partial charge in [-0.15, -0.1) is 0 Å². The fourth-order valence-corrected chi connectivity index (χ4v) is 4.28. The molecule has 1 amide bonds. The molecule has 5 nitrogen and oxygen atoms in total. The minimum absolute atomic E-state index is 0.121. The number of fused-ring (bicyclic) bond motifs is 3. The molecule has 1 aliphatic rings. The number of hydrogen-bond acceptors (Lipinski definition) is 4. The van der Waals surface area contributed by atoms with Crippen LogP contribution in [0.4, 0.5) is 0 Å². The molecule has 146 valence electrons. The molecule has 1 unspecified atom stereocenters. The molecule has 0 saturated carbocycles. The highest BCUT2D eigenvalue weighted by atomic mass is 16.5. The molecular formula is C24H22N2O3. The summed E-state index contributed by atoms with van der Waals surface area (Å²) in [7, 11) is 1.64. The Morgan fingerprint density at radius 1 is 1.17 bits per heavy atom. The van der Waals surface area contributed by atoms with E-state index in [1.807, 2.05) is 17.0 Å². The molecule has 5 rings (SSSR count). The number of rotatable bonds is 4. The summed E-state index contributed by atoms with van der Waals surface area (Å²) >= 11 is 0. The smallest absolute Gasteiger partial charge is 0.223 e. The molecule has 0 bridgehead atoms. The van der Waals surface area contributed by atoms with E-state index in [0.29, 0.717) is 25.3 Å². The van der Waals surface area contributed by atoms with E-state index in [2.05, 4.69) is 42.2 Å². The van der Waals surface area contributed by atoms with E-state index in [1.165, 1.54) is 5.56 Å². The third-order valence-corrected chi connectivity index (χ3v) is 5.79. The van der Waals surface area contributed by atoms with E-state index >= 15 is 0 Å². The van der Waals surface area contributed by atoms with Crippen LogP contribution >= 0.6 is 0 Å². The zero-order valence-corrected chi connectivity index (χ0v) is 16.5. The van der Waals surface area contributed by atoms with Crippen molar-refractivity contribution in [1.82, 2.24) is 9.88 Å². The van der Waals surface area contributed by atoms with Crippen LogP contribution in [0.3, 0.4) is 0 Å². The maximum Gasteiger partial charge on any atom is 0.223 e. The zero-order chi connectivity index (χ0) is 20.0. The summed E-state index contributed by atoms with van der Waals surface area (Å²) in [6.07, 6.45) is 4.00.